The molecule has 3 atom stereocenters. The Morgan fingerprint density at radius 2 is 1.76 bits per heavy atom. The fraction of sp³-hybridized carbons (Fsp3) is 0.310. The molecule has 0 aliphatic carbocycles. The van der Waals surface area contributed by atoms with Gasteiger partial charge in [-0.2, -0.15) is 0 Å². The lowest BCUT2D eigenvalue weighted by atomic mass is 9.90. The van der Waals surface area contributed by atoms with Crippen LogP contribution in [0, 0.1) is 5.82 Å². The highest BCUT2D eigenvalue weighted by Gasteiger charge is 2.61. The van der Waals surface area contributed by atoms with Crippen LogP contribution in [0.4, 0.5) is 4.39 Å². The number of ether oxygens (including phenoxy) is 1. The van der Waals surface area contributed by atoms with E-state index >= 15 is 0 Å². The molecule has 1 aromatic heterocycles. The third kappa shape index (κ3) is 5.40. The first kappa shape index (κ1) is 28.3. The number of hydrogen-bond acceptors (Lipinski definition) is 6. The van der Waals surface area contributed by atoms with E-state index in [0.29, 0.717) is 23.2 Å². The Bertz CT molecular complexity index is 1290. The van der Waals surface area contributed by atoms with E-state index in [1.165, 1.54) is 26.2 Å². The second-order valence-corrected chi connectivity index (χ2v) is 10.6. The van der Waals surface area contributed by atoms with Crippen molar-refractivity contribution in [1.82, 2.24) is 4.98 Å². The number of aromatic nitrogens is 1. The van der Waals surface area contributed by atoms with Crippen molar-refractivity contribution in [3.63, 3.8) is 0 Å². The highest BCUT2D eigenvalue weighted by Crippen LogP contribution is 2.47. The summed E-state index contributed by atoms with van der Waals surface area (Å²) in [7, 11) is -1.53. The Hall–Kier alpha value is -3.25. The molecule has 0 saturated carbocycles. The van der Waals surface area contributed by atoms with E-state index in [0.717, 1.165) is 22.9 Å². The van der Waals surface area contributed by atoms with Crippen LogP contribution in [0.5, 0.6) is 5.75 Å². The van der Waals surface area contributed by atoms with Gasteiger partial charge in [0.15, 0.2) is 5.75 Å². The lowest BCUT2D eigenvalue weighted by molar-refractivity contribution is -0.138. The van der Waals surface area contributed by atoms with Crippen LogP contribution in [0.15, 0.2) is 67.3 Å². The quantitative estimate of drug-likeness (QED) is 0.178. The maximum absolute atomic E-state index is 13.9. The molecule has 2 aromatic carbocycles. The smallest absolute Gasteiger partial charge is 0.420 e. The number of hydrogen-bond donors (Lipinski definition) is 1. The van der Waals surface area contributed by atoms with Gasteiger partial charge >= 0.3 is 19.2 Å². The molecule has 0 aliphatic rings. The molecule has 194 valence electrons. The molecule has 3 aromatic rings. The average Bonchev–Trinajstić information content (AvgIpc) is 2.89. The van der Waals surface area contributed by atoms with Gasteiger partial charge in [-0.3, -0.25) is 0 Å². The maximum atomic E-state index is 13.9. The summed E-state index contributed by atoms with van der Waals surface area (Å²) in [5.41, 5.74) is 4.08. The zero-order valence-corrected chi connectivity index (χ0v) is 22.6. The Kier molecular flexibility index (Phi) is 9.08. The number of rotatable bonds is 10. The average molecular weight is 525 g/mol. The fourth-order valence-corrected chi connectivity index (χ4v) is 5.22. The zero-order chi connectivity index (χ0) is 27.3. The predicted molar refractivity (Wildman–Crippen MR) is 143 cm³/mol. The van der Waals surface area contributed by atoms with E-state index in [4.69, 9.17) is 14.2 Å². The molecule has 8 heteroatoms. The number of esters is 1. The summed E-state index contributed by atoms with van der Waals surface area (Å²) in [6.45, 7) is 10.8. The number of pyridine rings is 1. The van der Waals surface area contributed by atoms with E-state index < -0.39 is 31.1 Å². The van der Waals surface area contributed by atoms with Crippen LogP contribution in [-0.2, 0) is 20.3 Å². The third-order valence-electron chi connectivity index (χ3n) is 6.30. The standard InChI is InChI=1S/C29H32FNO5P/c1-7-23-24(20-14-16-22(30)17-15-20)27(36-28(33)29(8-2,19(5)32)37(34)35-6)25(18(3)4)31-26(23)21-12-10-9-11-13-21/h8-19,32H,2,7H2,1,3-6H3/q+1. The van der Waals surface area contributed by atoms with Gasteiger partial charge < -0.3 is 9.84 Å². The second-order valence-electron chi connectivity index (χ2n) is 8.94. The lowest BCUT2D eigenvalue weighted by Gasteiger charge is -2.25. The van der Waals surface area contributed by atoms with Crippen LogP contribution in [-0.4, -0.2) is 34.4 Å². The summed E-state index contributed by atoms with van der Waals surface area (Å²) in [4.78, 5) is 18.6. The molecule has 0 bridgehead atoms. The van der Waals surface area contributed by atoms with Gasteiger partial charge in [0, 0.05) is 11.1 Å². The molecule has 3 unspecified atom stereocenters. The fourth-order valence-electron chi connectivity index (χ4n) is 4.27. The molecular weight excluding hydrogens is 492 g/mol. The third-order valence-corrected chi connectivity index (χ3v) is 7.97. The van der Waals surface area contributed by atoms with Crippen molar-refractivity contribution in [2.45, 2.75) is 51.3 Å². The monoisotopic (exact) mass is 524 g/mol. The van der Waals surface area contributed by atoms with Gasteiger partial charge in [-0.25, -0.2) is 14.2 Å². The molecule has 1 heterocycles. The molecule has 37 heavy (non-hydrogen) atoms. The first-order valence-corrected chi connectivity index (χ1v) is 13.2. The van der Waals surface area contributed by atoms with Gasteiger partial charge in [0.2, 0.25) is 0 Å². The minimum Gasteiger partial charge on any atom is -0.420 e. The molecule has 0 fully saturated rings. The topological polar surface area (TPSA) is 85.7 Å². The van der Waals surface area contributed by atoms with Crippen LogP contribution in [0.25, 0.3) is 22.4 Å². The summed E-state index contributed by atoms with van der Waals surface area (Å²) < 4.78 is 37.7. The molecule has 0 radical (unpaired) electrons. The number of aliphatic hydroxyl groups is 1. The largest absolute Gasteiger partial charge is 0.533 e. The molecule has 3 rings (SSSR count). The van der Waals surface area contributed by atoms with Gasteiger partial charge in [0.1, 0.15) is 11.9 Å². The van der Waals surface area contributed by atoms with Crippen molar-refractivity contribution < 1.29 is 28.1 Å². The van der Waals surface area contributed by atoms with Crippen LogP contribution < -0.4 is 4.74 Å². The van der Waals surface area contributed by atoms with Gasteiger partial charge in [0.05, 0.1) is 18.5 Å². The summed E-state index contributed by atoms with van der Waals surface area (Å²) in [5, 5.41) is 8.50. The number of carbonyl (C=O) groups is 1. The zero-order valence-electron chi connectivity index (χ0n) is 21.7. The Morgan fingerprint density at radius 1 is 1.14 bits per heavy atom. The van der Waals surface area contributed by atoms with E-state index in [2.05, 4.69) is 6.58 Å². The minimum atomic E-state index is -2.71. The summed E-state index contributed by atoms with van der Waals surface area (Å²) in [5.74, 6) is -1.41. The van der Waals surface area contributed by atoms with Crippen LogP contribution in [0.1, 0.15) is 44.9 Å². The predicted octanol–water partition coefficient (Wildman–Crippen LogP) is 6.84. The van der Waals surface area contributed by atoms with Crippen LogP contribution >= 0.6 is 8.03 Å². The van der Waals surface area contributed by atoms with Gasteiger partial charge in [0.25, 0.3) is 0 Å². The SMILES string of the molecule is C=CC(C(=O)Oc1c(C(C)C)nc(-c2ccccc2)c(CC)c1-c1ccc(F)cc1)(C(C)O)[P+](=O)OC. The Balaban J connectivity index is 2.39. The maximum Gasteiger partial charge on any atom is 0.533 e. The van der Waals surface area contributed by atoms with Crippen LogP contribution in [0.3, 0.4) is 0 Å². The molecule has 0 aliphatic heterocycles. The van der Waals surface area contributed by atoms with Gasteiger partial charge in [-0.1, -0.05) is 69.8 Å². The number of carbonyl (C=O) groups excluding carboxylic acids is 1. The Morgan fingerprint density at radius 3 is 2.24 bits per heavy atom. The second kappa shape index (κ2) is 11.9. The number of halogens is 1. The normalized spacial score (nSPS) is 14.1. The first-order chi connectivity index (χ1) is 17.6. The van der Waals surface area contributed by atoms with Gasteiger partial charge in [-0.15, -0.1) is 4.52 Å². The van der Waals surface area contributed by atoms with E-state index in [-0.39, 0.29) is 11.7 Å². The summed E-state index contributed by atoms with van der Waals surface area (Å²) in [6.07, 6.45) is 0.212. The highest BCUT2D eigenvalue weighted by atomic mass is 31.1. The molecule has 1 N–H and O–H groups in total. The van der Waals surface area contributed by atoms with E-state index in [1.54, 1.807) is 12.1 Å². The number of nitrogens with zero attached hydrogens (tertiary/aromatic N) is 1. The molecule has 0 amide bonds. The van der Waals surface area contributed by atoms with Crippen molar-refractivity contribution in [3.8, 4) is 28.1 Å². The van der Waals surface area contributed by atoms with Crippen molar-refractivity contribution in [1.29, 1.82) is 0 Å². The molecule has 0 spiro atoms. The molecular formula is C29H32FNO5P+. The van der Waals surface area contributed by atoms with Gasteiger partial charge in [-0.05, 0) is 53.2 Å². The lowest BCUT2D eigenvalue weighted by Crippen LogP contribution is -2.46. The summed E-state index contributed by atoms with van der Waals surface area (Å²) in [6, 6.07) is 15.6. The van der Waals surface area contributed by atoms with Crippen molar-refractivity contribution in [2.75, 3.05) is 7.11 Å². The van der Waals surface area contributed by atoms with Crippen molar-refractivity contribution >= 4 is 14.0 Å². The van der Waals surface area contributed by atoms with Crippen molar-refractivity contribution in [3.05, 3.63) is 84.3 Å². The van der Waals surface area contributed by atoms with E-state index in [9.17, 15) is 18.9 Å². The molecule has 0 saturated heterocycles. The number of benzene rings is 2. The van der Waals surface area contributed by atoms with Crippen molar-refractivity contribution in [2.24, 2.45) is 0 Å². The minimum absolute atomic E-state index is 0.162. The Labute approximate surface area is 218 Å². The first-order valence-electron chi connectivity index (χ1n) is 12.1. The number of aliphatic hydroxyl groups excluding tert-OH is 1. The highest BCUT2D eigenvalue weighted by molar-refractivity contribution is 7.43. The van der Waals surface area contributed by atoms with E-state index in [1.807, 2.05) is 51.1 Å². The summed E-state index contributed by atoms with van der Waals surface area (Å²) >= 11 is 0. The molecule has 6 nitrogen and oxygen atoms in total. The van der Waals surface area contributed by atoms with Crippen LogP contribution in [0.2, 0.25) is 0 Å².